The first-order valence-corrected chi connectivity index (χ1v) is 9.13. The number of nitrogens with zero attached hydrogens (tertiary/aromatic N) is 2. The third-order valence-corrected chi connectivity index (χ3v) is 4.39. The highest BCUT2D eigenvalue weighted by Crippen LogP contribution is 2.36. The van der Waals surface area contributed by atoms with Crippen molar-refractivity contribution in [2.75, 3.05) is 11.9 Å². The van der Waals surface area contributed by atoms with Gasteiger partial charge in [-0.25, -0.2) is 9.48 Å². The SMILES string of the molecule is Cc1cccc(CCNC(=O)Nc2cnn(-c3ccc(Cl)cc3)c2C(F)(F)F)c1. The van der Waals surface area contributed by atoms with Crippen LogP contribution in [0.4, 0.5) is 23.7 Å². The van der Waals surface area contributed by atoms with Gasteiger partial charge in [0, 0.05) is 11.6 Å². The molecule has 1 aromatic heterocycles. The number of urea groups is 1. The summed E-state index contributed by atoms with van der Waals surface area (Å²) in [4.78, 5) is 12.1. The van der Waals surface area contributed by atoms with E-state index in [0.29, 0.717) is 11.4 Å². The molecule has 2 amide bonds. The van der Waals surface area contributed by atoms with Gasteiger partial charge in [0.2, 0.25) is 0 Å². The van der Waals surface area contributed by atoms with E-state index in [1.165, 1.54) is 24.3 Å². The Morgan fingerprint density at radius 1 is 1.17 bits per heavy atom. The highest BCUT2D eigenvalue weighted by molar-refractivity contribution is 6.30. The summed E-state index contributed by atoms with van der Waals surface area (Å²) in [7, 11) is 0. The lowest BCUT2D eigenvalue weighted by Gasteiger charge is -2.13. The van der Waals surface area contributed by atoms with Crippen molar-refractivity contribution < 1.29 is 18.0 Å². The highest BCUT2D eigenvalue weighted by Gasteiger charge is 2.39. The van der Waals surface area contributed by atoms with Crippen LogP contribution in [0, 0.1) is 6.92 Å². The van der Waals surface area contributed by atoms with Crippen molar-refractivity contribution in [1.29, 1.82) is 0 Å². The molecule has 0 atom stereocenters. The Balaban J connectivity index is 1.71. The predicted octanol–water partition coefficient (Wildman–Crippen LogP) is 5.22. The van der Waals surface area contributed by atoms with E-state index in [-0.39, 0.29) is 12.2 Å². The highest BCUT2D eigenvalue weighted by atomic mass is 35.5. The van der Waals surface area contributed by atoms with E-state index in [1.807, 2.05) is 31.2 Å². The molecular weight excluding hydrogens is 405 g/mol. The molecule has 9 heteroatoms. The van der Waals surface area contributed by atoms with Gasteiger partial charge in [-0.1, -0.05) is 41.4 Å². The fraction of sp³-hybridized carbons (Fsp3) is 0.200. The zero-order chi connectivity index (χ0) is 21.0. The fourth-order valence-electron chi connectivity index (χ4n) is 2.85. The second-order valence-corrected chi connectivity index (χ2v) is 6.85. The number of amides is 2. The molecule has 0 aliphatic carbocycles. The summed E-state index contributed by atoms with van der Waals surface area (Å²) in [6.45, 7) is 2.24. The van der Waals surface area contributed by atoms with E-state index in [9.17, 15) is 18.0 Å². The summed E-state index contributed by atoms with van der Waals surface area (Å²) in [5.41, 5.74) is 0.789. The third kappa shape index (κ3) is 5.29. The van der Waals surface area contributed by atoms with Gasteiger partial charge in [0.05, 0.1) is 17.6 Å². The first-order valence-electron chi connectivity index (χ1n) is 8.75. The second kappa shape index (κ2) is 8.57. The Hall–Kier alpha value is -3.00. The number of rotatable bonds is 5. The molecule has 1 heterocycles. The number of hydrogen-bond donors (Lipinski definition) is 2. The molecule has 3 aromatic rings. The molecule has 0 radical (unpaired) electrons. The first-order chi connectivity index (χ1) is 13.7. The molecule has 3 rings (SSSR count). The summed E-state index contributed by atoms with van der Waals surface area (Å²) in [6, 6.07) is 12.8. The molecule has 29 heavy (non-hydrogen) atoms. The van der Waals surface area contributed by atoms with Crippen LogP contribution >= 0.6 is 11.6 Å². The second-order valence-electron chi connectivity index (χ2n) is 6.41. The third-order valence-electron chi connectivity index (χ3n) is 4.14. The lowest BCUT2D eigenvalue weighted by molar-refractivity contribution is -0.142. The monoisotopic (exact) mass is 422 g/mol. The topological polar surface area (TPSA) is 59.0 Å². The van der Waals surface area contributed by atoms with Gasteiger partial charge in [0.15, 0.2) is 5.69 Å². The Labute approximate surface area is 170 Å². The van der Waals surface area contributed by atoms with Gasteiger partial charge in [-0.15, -0.1) is 0 Å². The molecule has 152 valence electrons. The zero-order valence-electron chi connectivity index (χ0n) is 15.4. The number of aryl methyl sites for hydroxylation is 1. The zero-order valence-corrected chi connectivity index (χ0v) is 16.2. The maximum atomic E-state index is 13.6. The van der Waals surface area contributed by atoms with Gasteiger partial charge in [0.25, 0.3) is 0 Å². The summed E-state index contributed by atoms with van der Waals surface area (Å²) in [5, 5.41) is 8.97. The number of hydrogen-bond acceptors (Lipinski definition) is 2. The van der Waals surface area contributed by atoms with Crippen LogP contribution in [0.3, 0.4) is 0 Å². The van der Waals surface area contributed by atoms with E-state index >= 15 is 0 Å². The summed E-state index contributed by atoms with van der Waals surface area (Å²) in [6.07, 6.45) is -3.19. The Morgan fingerprint density at radius 2 is 1.90 bits per heavy atom. The van der Waals surface area contributed by atoms with Crippen LogP contribution in [-0.4, -0.2) is 22.4 Å². The number of alkyl halides is 3. The minimum absolute atomic E-state index is 0.176. The molecule has 0 aliphatic rings. The van der Waals surface area contributed by atoms with Crippen LogP contribution in [0.25, 0.3) is 5.69 Å². The average Bonchev–Trinajstić information content (AvgIpc) is 3.06. The van der Waals surface area contributed by atoms with Crippen molar-refractivity contribution in [1.82, 2.24) is 15.1 Å². The van der Waals surface area contributed by atoms with Crippen molar-refractivity contribution in [3.05, 3.63) is 76.6 Å². The molecule has 0 unspecified atom stereocenters. The largest absolute Gasteiger partial charge is 0.435 e. The van der Waals surface area contributed by atoms with Gasteiger partial charge in [-0.3, -0.25) is 0 Å². The maximum Gasteiger partial charge on any atom is 0.435 e. The van der Waals surface area contributed by atoms with Crippen molar-refractivity contribution in [3.63, 3.8) is 0 Å². The summed E-state index contributed by atoms with van der Waals surface area (Å²) < 4.78 is 41.6. The van der Waals surface area contributed by atoms with Crippen LogP contribution in [0.15, 0.2) is 54.7 Å². The van der Waals surface area contributed by atoms with Crippen LogP contribution in [0.2, 0.25) is 5.02 Å². The molecule has 2 aromatic carbocycles. The van der Waals surface area contributed by atoms with Crippen LogP contribution in [0.1, 0.15) is 16.8 Å². The first kappa shape index (κ1) is 20.7. The van der Waals surface area contributed by atoms with Crippen LogP contribution < -0.4 is 10.6 Å². The van der Waals surface area contributed by atoms with E-state index in [2.05, 4.69) is 15.7 Å². The van der Waals surface area contributed by atoms with Gasteiger partial charge < -0.3 is 10.6 Å². The minimum Gasteiger partial charge on any atom is -0.338 e. The Morgan fingerprint density at radius 3 is 2.55 bits per heavy atom. The summed E-state index contributed by atoms with van der Waals surface area (Å²) >= 11 is 5.79. The molecule has 5 nitrogen and oxygen atoms in total. The van der Waals surface area contributed by atoms with Gasteiger partial charge in [0.1, 0.15) is 0 Å². The molecular formula is C20H18ClF3N4O. The lowest BCUT2D eigenvalue weighted by atomic mass is 10.1. The Kier molecular flexibility index (Phi) is 6.12. The van der Waals surface area contributed by atoms with Crippen molar-refractivity contribution in [2.45, 2.75) is 19.5 Å². The van der Waals surface area contributed by atoms with E-state index < -0.39 is 23.6 Å². The molecule has 0 saturated carbocycles. The van der Waals surface area contributed by atoms with Crippen molar-refractivity contribution >= 4 is 23.3 Å². The molecule has 0 fully saturated rings. The van der Waals surface area contributed by atoms with Crippen LogP contribution in [0.5, 0.6) is 0 Å². The number of carbonyl (C=O) groups is 1. The number of aromatic nitrogens is 2. The predicted molar refractivity (Wildman–Crippen MR) is 105 cm³/mol. The lowest BCUT2D eigenvalue weighted by Crippen LogP contribution is -2.31. The van der Waals surface area contributed by atoms with E-state index in [4.69, 9.17) is 11.6 Å². The number of nitrogens with one attached hydrogen (secondary N) is 2. The molecule has 0 aliphatic heterocycles. The van der Waals surface area contributed by atoms with E-state index in [0.717, 1.165) is 22.0 Å². The van der Waals surface area contributed by atoms with Crippen molar-refractivity contribution in [3.8, 4) is 5.69 Å². The smallest absolute Gasteiger partial charge is 0.338 e. The molecule has 0 saturated heterocycles. The minimum atomic E-state index is -4.72. The van der Waals surface area contributed by atoms with Crippen LogP contribution in [-0.2, 0) is 12.6 Å². The average molecular weight is 423 g/mol. The fourth-order valence-corrected chi connectivity index (χ4v) is 2.97. The maximum absolute atomic E-state index is 13.6. The van der Waals surface area contributed by atoms with Gasteiger partial charge in [-0.2, -0.15) is 18.3 Å². The van der Waals surface area contributed by atoms with Gasteiger partial charge >= 0.3 is 12.2 Å². The number of halogens is 4. The number of benzene rings is 2. The van der Waals surface area contributed by atoms with Gasteiger partial charge in [-0.05, 0) is 43.2 Å². The molecule has 2 N–H and O–H groups in total. The Bertz CT molecular complexity index is 1000. The molecule has 0 bridgehead atoms. The standard InChI is InChI=1S/C20H18ClF3N4O/c1-13-3-2-4-14(11-13)9-10-25-19(29)27-17-12-26-28(18(17)20(22,23)24)16-7-5-15(21)6-8-16/h2-8,11-12H,9-10H2,1H3,(H2,25,27,29). The molecule has 0 spiro atoms. The quantitative estimate of drug-likeness (QED) is 0.592. The number of carbonyl (C=O) groups excluding carboxylic acids is 1. The van der Waals surface area contributed by atoms with Crippen molar-refractivity contribution in [2.24, 2.45) is 0 Å². The number of anilines is 1. The summed E-state index contributed by atoms with van der Waals surface area (Å²) in [5.74, 6) is 0. The normalized spacial score (nSPS) is 11.3. The van der Waals surface area contributed by atoms with E-state index in [1.54, 1.807) is 0 Å².